The fourth-order valence-corrected chi connectivity index (χ4v) is 1.98. The molecule has 0 bridgehead atoms. The summed E-state index contributed by atoms with van der Waals surface area (Å²) >= 11 is 1.66. The van der Waals surface area contributed by atoms with Crippen LogP contribution in [0.15, 0.2) is 29.2 Å². The van der Waals surface area contributed by atoms with Gasteiger partial charge < -0.3 is 11.1 Å². The summed E-state index contributed by atoms with van der Waals surface area (Å²) in [5.74, 6) is 0.0770. The molecule has 1 rings (SSSR count). The van der Waals surface area contributed by atoms with E-state index >= 15 is 0 Å². The summed E-state index contributed by atoms with van der Waals surface area (Å²) in [4.78, 5) is 13.0. The number of thioether (sulfide) groups is 1. The first kappa shape index (κ1) is 14.1. The molecule has 3 N–H and O–H groups in total. The SMILES string of the molecule is CSc1cccc(NC(=O)C(C)CCCN)c1. The molecule has 0 saturated carbocycles. The van der Waals surface area contributed by atoms with E-state index in [-0.39, 0.29) is 11.8 Å². The van der Waals surface area contributed by atoms with Gasteiger partial charge in [-0.05, 0) is 43.8 Å². The van der Waals surface area contributed by atoms with Gasteiger partial charge in [-0.15, -0.1) is 11.8 Å². The Morgan fingerprint density at radius 1 is 1.53 bits per heavy atom. The average molecular weight is 252 g/mol. The lowest BCUT2D eigenvalue weighted by molar-refractivity contribution is -0.119. The van der Waals surface area contributed by atoms with E-state index in [1.54, 1.807) is 11.8 Å². The van der Waals surface area contributed by atoms with Crippen molar-refractivity contribution in [3.63, 3.8) is 0 Å². The van der Waals surface area contributed by atoms with Crippen LogP contribution in [-0.2, 0) is 4.79 Å². The molecule has 0 radical (unpaired) electrons. The number of carbonyl (C=O) groups excluding carboxylic acids is 1. The molecule has 4 heteroatoms. The lowest BCUT2D eigenvalue weighted by Gasteiger charge is -2.12. The standard InChI is InChI=1S/C13H20N2OS/c1-10(5-4-8-14)13(16)15-11-6-3-7-12(9-11)17-2/h3,6-7,9-10H,4-5,8,14H2,1-2H3,(H,15,16). The number of carbonyl (C=O) groups is 1. The summed E-state index contributed by atoms with van der Waals surface area (Å²) in [5, 5.41) is 2.93. The Hall–Kier alpha value is -1.00. The number of benzene rings is 1. The third-order valence-corrected chi connectivity index (χ3v) is 3.35. The second-order valence-electron chi connectivity index (χ2n) is 4.05. The molecule has 0 aromatic heterocycles. The quantitative estimate of drug-likeness (QED) is 0.765. The molecular formula is C13H20N2OS. The minimum absolute atomic E-state index is 0.0106. The molecule has 0 aliphatic carbocycles. The van der Waals surface area contributed by atoms with Crippen LogP contribution in [0.2, 0.25) is 0 Å². The second kappa shape index (κ2) is 7.35. The van der Waals surface area contributed by atoms with Gasteiger partial charge in [-0.3, -0.25) is 4.79 Å². The molecular weight excluding hydrogens is 232 g/mol. The van der Waals surface area contributed by atoms with Gasteiger partial charge in [0.1, 0.15) is 0 Å². The molecule has 3 nitrogen and oxygen atoms in total. The summed E-state index contributed by atoms with van der Waals surface area (Å²) in [7, 11) is 0. The number of anilines is 1. The molecule has 0 fully saturated rings. The van der Waals surface area contributed by atoms with Crippen molar-refractivity contribution in [2.45, 2.75) is 24.7 Å². The maximum absolute atomic E-state index is 11.9. The highest BCUT2D eigenvalue weighted by Gasteiger charge is 2.12. The number of nitrogens with one attached hydrogen (secondary N) is 1. The Morgan fingerprint density at radius 3 is 2.94 bits per heavy atom. The van der Waals surface area contributed by atoms with E-state index < -0.39 is 0 Å². The number of amides is 1. The summed E-state index contributed by atoms with van der Waals surface area (Å²) < 4.78 is 0. The van der Waals surface area contributed by atoms with Gasteiger partial charge in [0.25, 0.3) is 0 Å². The molecule has 0 saturated heterocycles. The fraction of sp³-hybridized carbons (Fsp3) is 0.462. The van der Waals surface area contributed by atoms with Crippen LogP contribution in [0, 0.1) is 5.92 Å². The van der Waals surface area contributed by atoms with Crippen molar-refractivity contribution in [1.82, 2.24) is 0 Å². The lowest BCUT2D eigenvalue weighted by Crippen LogP contribution is -2.21. The molecule has 1 atom stereocenters. The molecule has 1 unspecified atom stereocenters. The van der Waals surface area contributed by atoms with Crippen molar-refractivity contribution in [2.75, 3.05) is 18.1 Å². The summed E-state index contributed by atoms with van der Waals surface area (Å²) in [5.41, 5.74) is 6.30. The number of hydrogen-bond acceptors (Lipinski definition) is 3. The lowest BCUT2D eigenvalue weighted by atomic mass is 10.0. The molecule has 1 aromatic carbocycles. The van der Waals surface area contributed by atoms with Gasteiger partial charge in [0.05, 0.1) is 0 Å². The maximum Gasteiger partial charge on any atom is 0.227 e. The Balaban J connectivity index is 2.54. The molecule has 1 aromatic rings. The molecule has 0 spiro atoms. The largest absolute Gasteiger partial charge is 0.330 e. The van der Waals surface area contributed by atoms with Crippen molar-refractivity contribution in [3.05, 3.63) is 24.3 Å². The number of nitrogens with two attached hydrogens (primary N) is 1. The number of hydrogen-bond donors (Lipinski definition) is 2. The molecule has 17 heavy (non-hydrogen) atoms. The van der Waals surface area contributed by atoms with E-state index in [2.05, 4.69) is 5.32 Å². The van der Waals surface area contributed by atoms with Crippen molar-refractivity contribution < 1.29 is 4.79 Å². The topological polar surface area (TPSA) is 55.1 Å². The Kier molecular flexibility index (Phi) is 6.08. The third-order valence-electron chi connectivity index (χ3n) is 2.63. The van der Waals surface area contributed by atoms with E-state index in [1.165, 1.54) is 0 Å². The minimum Gasteiger partial charge on any atom is -0.330 e. The van der Waals surface area contributed by atoms with Crippen molar-refractivity contribution >= 4 is 23.4 Å². The summed E-state index contributed by atoms with van der Waals surface area (Å²) in [6.45, 7) is 2.57. The van der Waals surface area contributed by atoms with E-state index in [0.29, 0.717) is 6.54 Å². The van der Waals surface area contributed by atoms with Crippen LogP contribution >= 0.6 is 11.8 Å². The van der Waals surface area contributed by atoms with Gasteiger partial charge in [0.15, 0.2) is 0 Å². The minimum atomic E-state index is 0.0106. The molecule has 1 amide bonds. The summed E-state index contributed by atoms with van der Waals surface area (Å²) in [6.07, 6.45) is 3.74. The van der Waals surface area contributed by atoms with Crippen LogP contribution in [0.4, 0.5) is 5.69 Å². The normalized spacial score (nSPS) is 12.2. The van der Waals surface area contributed by atoms with Crippen molar-refractivity contribution in [3.8, 4) is 0 Å². The van der Waals surface area contributed by atoms with Gasteiger partial charge in [-0.1, -0.05) is 13.0 Å². The predicted molar refractivity (Wildman–Crippen MR) is 74.3 cm³/mol. The Labute approximate surface area is 107 Å². The highest BCUT2D eigenvalue weighted by molar-refractivity contribution is 7.98. The van der Waals surface area contributed by atoms with Gasteiger partial charge in [-0.25, -0.2) is 0 Å². The highest BCUT2D eigenvalue weighted by Crippen LogP contribution is 2.19. The zero-order valence-corrected chi connectivity index (χ0v) is 11.2. The first-order valence-electron chi connectivity index (χ1n) is 5.82. The number of rotatable bonds is 6. The van der Waals surface area contributed by atoms with E-state index in [4.69, 9.17) is 5.73 Å². The molecule has 0 aliphatic heterocycles. The van der Waals surface area contributed by atoms with Gasteiger partial charge in [0, 0.05) is 16.5 Å². The van der Waals surface area contributed by atoms with Crippen molar-refractivity contribution in [2.24, 2.45) is 11.7 Å². The van der Waals surface area contributed by atoms with Crippen LogP contribution in [0.3, 0.4) is 0 Å². The van der Waals surface area contributed by atoms with Gasteiger partial charge in [0.2, 0.25) is 5.91 Å². The molecule has 0 heterocycles. The highest BCUT2D eigenvalue weighted by atomic mass is 32.2. The Morgan fingerprint density at radius 2 is 2.29 bits per heavy atom. The Bertz CT molecular complexity index is 368. The first-order valence-corrected chi connectivity index (χ1v) is 7.05. The third kappa shape index (κ3) is 4.79. The van der Waals surface area contributed by atoms with Crippen LogP contribution in [0.25, 0.3) is 0 Å². The molecule has 94 valence electrons. The second-order valence-corrected chi connectivity index (χ2v) is 4.93. The predicted octanol–water partition coefficient (Wildman–Crippen LogP) is 2.72. The zero-order valence-electron chi connectivity index (χ0n) is 10.4. The monoisotopic (exact) mass is 252 g/mol. The van der Waals surface area contributed by atoms with Crippen LogP contribution in [0.1, 0.15) is 19.8 Å². The summed E-state index contributed by atoms with van der Waals surface area (Å²) in [6, 6.07) is 7.87. The van der Waals surface area contributed by atoms with E-state index in [0.717, 1.165) is 23.4 Å². The van der Waals surface area contributed by atoms with E-state index in [1.807, 2.05) is 37.4 Å². The smallest absolute Gasteiger partial charge is 0.227 e. The van der Waals surface area contributed by atoms with Gasteiger partial charge in [-0.2, -0.15) is 0 Å². The molecule has 0 aliphatic rings. The van der Waals surface area contributed by atoms with Gasteiger partial charge >= 0.3 is 0 Å². The zero-order chi connectivity index (χ0) is 12.7. The average Bonchev–Trinajstić information content (AvgIpc) is 2.36. The maximum atomic E-state index is 11.9. The van der Waals surface area contributed by atoms with Crippen LogP contribution < -0.4 is 11.1 Å². The first-order chi connectivity index (χ1) is 8.17. The van der Waals surface area contributed by atoms with Crippen molar-refractivity contribution in [1.29, 1.82) is 0 Å². The van der Waals surface area contributed by atoms with Crippen LogP contribution in [0.5, 0.6) is 0 Å². The van der Waals surface area contributed by atoms with E-state index in [9.17, 15) is 4.79 Å². The fourth-order valence-electron chi connectivity index (χ4n) is 1.52. The van der Waals surface area contributed by atoms with Crippen LogP contribution in [-0.4, -0.2) is 18.7 Å².